The van der Waals surface area contributed by atoms with Crippen LogP contribution in [0.4, 0.5) is 0 Å². The van der Waals surface area contributed by atoms with Crippen molar-refractivity contribution in [2.24, 2.45) is 0 Å². The monoisotopic (exact) mass is 289 g/mol. The third-order valence-electron chi connectivity index (χ3n) is 2.98. The number of methoxy groups -OCH3 is 1. The van der Waals surface area contributed by atoms with Gasteiger partial charge in [0.15, 0.2) is 0 Å². The third kappa shape index (κ3) is 2.63. The van der Waals surface area contributed by atoms with E-state index in [9.17, 15) is 4.79 Å². The van der Waals surface area contributed by atoms with Crippen LogP contribution in [0.3, 0.4) is 0 Å². The standard InChI is InChI=1S/C12H16ClNO3S/c1-8-7-17-9(5-13)6-14(8)12(15)11-10(16-2)3-4-18-11/h3-4,8-9H,5-7H2,1-2H3. The predicted octanol–water partition coefficient (Wildman–Crippen LogP) is 2.23. The van der Waals surface area contributed by atoms with Crippen LogP contribution in [-0.2, 0) is 4.74 Å². The topological polar surface area (TPSA) is 38.8 Å². The van der Waals surface area contributed by atoms with Gasteiger partial charge in [0.25, 0.3) is 5.91 Å². The van der Waals surface area contributed by atoms with Crippen molar-refractivity contribution in [3.63, 3.8) is 0 Å². The van der Waals surface area contributed by atoms with Crippen molar-refractivity contribution in [2.45, 2.75) is 19.1 Å². The fourth-order valence-corrected chi connectivity index (χ4v) is 2.94. The summed E-state index contributed by atoms with van der Waals surface area (Å²) >= 11 is 7.19. The summed E-state index contributed by atoms with van der Waals surface area (Å²) in [6.07, 6.45) is -0.0854. The van der Waals surface area contributed by atoms with Crippen LogP contribution in [0.5, 0.6) is 5.75 Å². The Labute approximate surface area is 115 Å². The molecule has 18 heavy (non-hydrogen) atoms. The molecule has 1 aliphatic heterocycles. The second kappa shape index (κ2) is 5.91. The van der Waals surface area contributed by atoms with Gasteiger partial charge in [-0.3, -0.25) is 4.79 Å². The van der Waals surface area contributed by atoms with E-state index in [4.69, 9.17) is 21.1 Å². The molecule has 2 unspecified atom stereocenters. The Bertz CT molecular complexity index is 423. The Morgan fingerprint density at radius 1 is 1.72 bits per heavy atom. The molecule has 1 aromatic heterocycles. The lowest BCUT2D eigenvalue weighted by atomic mass is 10.2. The SMILES string of the molecule is COc1ccsc1C(=O)N1CC(CCl)OCC1C. The summed E-state index contributed by atoms with van der Waals surface area (Å²) in [6.45, 7) is 3.03. The highest BCUT2D eigenvalue weighted by atomic mass is 35.5. The first-order valence-corrected chi connectivity index (χ1v) is 7.18. The highest BCUT2D eigenvalue weighted by Gasteiger charge is 2.31. The number of hydrogen-bond donors (Lipinski definition) is 0. The average Bonchev–Trinajstić information content (AvgIpc) is 2.86. The molecule has 0 bridgehead atoms. The molecule has 100 valence electrons. The molecule has 0 radical (unpaired) electrons. The normalized spacial score (nSPS) is 24.1. The van der Waals surface area contributed by atoms with Gasteiger partial charge in [0, 0.05) is 6.54 Å². The molecule has 1 aliphatic rings. The van der Waals surface area contributed by atoms with Crippen LogP contribution in [0.1, 0.15) is 16.6 Å². The molecule has 1 amide bonds. The number of carbonyl (C=O) groups excluding carboxylic acids is 1. The number of carbonyl (C=O) groups is 1. The summed E-state index contributed by atoms with van der Waals surface area (Å²) < 4.78 is 10.7. The Morgan fingerprint density at radius 2 is 2.50 bits per heavy atom. The maximum atomic E-state index is 12.5. The maximum absolute atomic E-state index is 12.5. The van der Waals surface area contributed by atoms with Gasteiger partial charge in [-0.25, -0.2) is 0 Å². The molecule has 1 saturated heterocycles. The van der Waals surface area contributed by atoms with Crippen molar-refractivity contribution >= 4 is 28.8 Å². The molecule has 0 aliphatic carbocycles. The van der Waals surface area contributed by atoms with Gasteiger partial charge in [0.05, 0.1) is 31.7 Å². The largest absolute Gasteiger partial charge is 0.495 e. The molecular formula is C12H16ClNO3S. The van der Waals surface area contributed by atoms with E-state index in [1.165, 1.54) is 11.3 Å². The van der Waals surface area contributed by atoms with Crippen LogP contribution in [0.15, 0.2) is 11.4 Å². The van der Waals surface area contributed by atoms with Gasteiger partial charge >= 0.3 is 0 Å². The second-order valence-corrected chi connectivity index (χ2v) is 5.46. The minimum Gasteiger partial charge on any atom is -0.495 e. The number of nitrogens with zero attached hydrogens (tertiary/aromatic N) is 1. The highest BCUT2D eigenvalue weighted by molar-refractivity contribution is 7.12. The van der Waals surface area contributed by atoms with Crippen molar-refractivity contribution in [2.75, 3.05) is 26.1 Å². The number of alkyl halides is 1. The molecule has 4 nitrogen and oxygen atoms in total. The van der Waals surface area contributed by atoms with Crippen molar-refractivity contribution in [3.05, 3.63) is 16.3 Å². The third-order valence-corrected chi connectivity index (χ3v) is 4.21. The maximum Gasteiger partial charge on any atom is 0.268 e. The first-order valence-electron chi connectivity index (χ1n) is 5.77. The molecule has 6 heteroatoms. The van der Waals surface area contributed by atoms with Crippen LogP contribution < -0.4 is 4.74 Å². The van der Waals surface area contributed by atoms with Gasteiger partial charge in [-0.1, -0.05) is 0 Å². The number of thiophene rings is 1. The molecule has 1 aromatic rings. The van der Waals surface area contributed by atoms with Crippen LogP contribution in [-0.4, -0.2) is 49.1 Å². The lowest BCUT2D eigenvalue weighted by molar-refractivity contribution is -0.0370. The minimum atomic E-state index is -0.0854. The molecule has 2 atom stereocenters. The first kappa shape index (κ1) is 13.6. The van der Waals surface area contributed by atoms with Crippen LogP contribution in [0.25, 0.3) is 0 Å². The smallest absolute Gasteiger partial charge is 0.268 e. The van der Waals surface area contributed by atoms with Crippen molar-refractivity contribution in [3.8, 4) is 5.75 Å². The van der Waals surface area contributed by atoms with E-state index in [0.717, 1.165) is 0 Å². The minimum absolute atomic E-state index is 0.00670. The predicted molar refractivity (Wildman–Crippen MR) is 71.8 cm³/mol. The average molecular weight is 290 g/mol. The Hall–Kier alpha value is -0.780. The van der Waals surface area contributed by atoms with E-state index in [0.29, 0.717) is 29.7 Å². The molecule has 0 N–H and O–H groups in total. The summed E-state index contributed by atoms with van der Waals surface area (Å²) in [5.41, 5.74) is 0. The fraction of sp³-hybridized carbons (Fsp3) is 0.583. The van der Waals surface area contributed by atoms with E-state index < -0.39 is 0 Å². The van der Waals surface area contributed by atoms with Gasteiger partial charge in [-0.05, 0) is 18.4 Å². The van der Waals surface area contributed by atoms with E-state index in [1.807, 2.05) is 23.3 Å². The Balaban J connectivity index is 2.16. The number of amides is 1. The molecule has 0 aromatic carbocycles. The molecule has 1 fully saturated rings. The van der Waals surface area contributed by atoms with Crippen molar-refractivity contribution < 1.29 is 14.3 Å². The Morgan fingerprint density at radius 3 is 3.17 bits per heavy atom. The van der Waals surface area contributed by atoms with Gasteiger partial charge < -0.3 is 14.4 Å². The van der Waals surface area contributed by atoms with E-state index in [-0.39, 0.29) is 18.1 Å². The summed E-state index contributed by atoms with van der Waals surface area (Å²) in [5.74, 6) is 1.02. The second-order valence-electron chi connectivity index (χ2n) is 4.23. The number of ether oxygens (including phenoxy) is 2. The quantitative estimate of drug-likeness (QED) is 0.801. The lowest BCUT2D eigenvalue weighted by Gasteiger charge is -2.37. The summed E-state index contributed by atoms with van der Waals surface area (Å²) in [4.78, 5) is 14.9. The van der Waals surface area contributed by atoms with Gasteiger partial charge in [0.2, 0.25) is 0 Å². The van der Waals surface area contributed by atoms with Crippen LogP contribution in [0, 0.1) is 0 Å². The number of hydrogen-bond acceptors (Lipinski definition) is 4. The molecule has 2 rings (SSSR count). The molecule has 0 spiro atoms. The number of rotatable bonds is 3. The van der Waals surface area contributed by atoms with Gasteiger partial charge in [0.1, 0.15) is 10.6 Å². The van der Waals surface area contributed by atoms with Crippen LogP contribution >= 0.6 is 22.9 Å². The zero-order valence-electron chi connectivity index (χ0n) is 10.4. The highest BCUT2D eigenvalue weighted by Crippen LogP contribution is 2.27. The van der Waals surface area contributed by atoms with E-state index >= 15 is 0 Å². The molecule has 0 saturated carbocycles. The molecule has 2 heterocycles. The zero-order valence-corrected chi connectivity index (χ0v) is 12.0. The zero-order chi connectivity index (χ0) is 13.1. The van der Waals surface area contributed by atoms with Gasteiger partial charge in [-0.2, -0.15) is 0 Å². The first-order chi connectivity index (χ1) is 8.67. The van der Waals surface area contributed by atoms with Crippen molar-refractivity contribution in [1.29, 1.82) is 0 Å². The summed E-state index contributed by atoms with van der Waals surface area (Å²) in [7, 11) is 1.57. The molecular weight excluding hydrogens is 274 g/mol. The van der Waals surface area contributed by atoms with E-state index in [2.05, 4.69) is 0 Å². The number of halogens is 1. The van der Waals surface area contributed by atoms with E-state index in [1.54, 1.807) is 7.11 Å². The fourth-order valence-electron chi connectivity index (χ4n) is 1.94. The lowest BCUT2D eigenvalue weighted by Crippen LogP contribution is -2.51. The Kier molecular flexibility index (Phi) is 4.48. The number of morpholine rings is 1. The van der Waals surface area contributed by atoms with Crippen LogP contribution in [0.2, 0.25) is 0 Å². The summed E-state index contributed by atoms with van der Waals surface area (Å²) in [5, 5.41) is 1.86. The summed E-state index contributed by atoms with van der Waals surface area (Å²) in [6, 6.07) is 1.87. The van der Waals surface area contributed by atoms with Gasteiger partial charge in [-0.15, -0.1) is 22.9 Å². The van der Waals surface area contributed by atoms with Crippen molar-refractivity contribution in [1.82, 2.24) is 4.90 Å².